The summed E-state index contributed by atoms with van der Waals surface area (Å²) < 4.78 is 18.4. The number of rotatable bonds is 1. The monoisotopic (exact) mass is 227 g/mol. The van der Waals surface area contributed by atoms with E-state index in [1.165, 1.54) is 0 Å². The third kappa shape index (κ3) is 1.70. The quantitative estimate of drug-likeness (QED) is 0.703. The van der Waals surface area contributed by atoms with Crippen LogP contribution in [0.2, 0.25) is 5.28 Å². The van der Waals surface area contributed by atoms with Crippen LogP contribution in [0.4, 0.5) is 4.39 Å². The number of halogens is 2. The third-order valence-electron chi connectivity index (χ3n) is 1.98. The Balaban J connectivity index is 2.68. The SMILES string of the molecule is Cc1noc(C)c1-c1nc(Cl)ncc1F. The Bertz CT molecular complexity index is 493. The minimum atomic E-state index is -0.547. The summed E-state index contributed by atoms with van der Waals surface area (Å²) in [6.45, 7) is 3.39. The molecular formula is C9H7ClFN3O. The van der Waals surface area contributed by atoms with Crippen LogP contribution in [0, 0.1) is 19.7 Å². The lowest BCUT2D eigenvalue weighted by Gasteiger charge is -2.00. The van der Waals surface area contributed by atoms with Crippen molar-refractivity contribution < 1.29 is 8.91 Å². The summed E-state index contributed by atoms with van der Waals surface area (Å²) >= 11 is 5.60. The van der Waals surface area contributed by atoms with Gasteiger partial charge in [0, 0.05) is 0 Å². The van der Waals surface area contributed by atoms with Crippen LogP contribution in [0.3, 0.4) is 0 Å². The van der Waals surface area contributed by atoms with Gasteiger partial charge >= 0.3 is 0 Å². The molecule has 0 bridgehead atoms. The van der Waals surface area contributed by atoms with Crippen molar-refractivity contribution in [2.24, 2.45) is 0 Å². The van der Waals surface area contributed by atoms with Gasteiger partial charge in [0.2, 0.25) is 5.28 Å². The van der Waals surface area contributed by atoms with E-state index < -0.39 is 5.82 Å². The van der Waals surface area contributed by atoms with Crippen molar-refractivity contribution in [2.45, 2.75) is 13.8 Å². The molecule has 0 aromatic carbocycles. The average Bonchev–Trinajstić information content (AvgIpc) is 2.51. The second kappa shape index (κ2) is 3.58. The predicted molar refractivity (Wildman–Crippen MR) is 52.0 cm³/mol. The Morgan fingerprint density at radius 2 is 2.13 bits per heavy atom. The first kappa shape index (κ1) is 10.0. The zero-order valence-corrected chi connectivity index (χ0v) is 8.84. The lowest BCUT2D eigenvalue weighted by molar-refractivity contribution is 0.393. The molecule has 4 nitrogen and oxygen atoms in total. The molecule has 0 aliphatic heterocycles. The minimum absolute atomic E-state index is 0.00796. The van der Waals surface area contributed by atoms with Crippen LogP contribution < -0.4 is 0 Å². The van der Waals surface area contributed by atoms with E-state index in [0.717, 1.165) is 6.20 Å². The van der Waals surface area contributed by atoms with E-state index in [2.05, 4.69) is 15.1 Å². The Morgan fingerprint density at radius 3 is 2.73 bits per heavy atom. The molecule has 2 rings (SSSR count). The van der Waals surface area contributed by atoms with Gasteiger partial charge < -0.3 is 4.52 Å². The fraction of sp³-hybridized carbons (Fsp3) is 0.222. The zero-order valence-electron chi connectivity index (χ0n) is 8.08. The van der Waals surface area contributed by atoms with Gasteiger partial charge in [-0.15, -0.1) is 0 Å². The van der Waals surface area contributed by atoms with Crippen molar-refractivity contribution in [1.82, 2.24) is 15.1 Å². The molecule has 2 heterocycles. The van der Waals surface area contributed by atoms with Gasteiger partial charge in [-0.1, -0.05) is 5.16 Å². The summed E-state index contributed by atoms with van der Waals surface area (Å²) in [6, 6.07) is 0. The number of nitrogens with zero attached hydrogens (tertiary/aromatic N) is 3. The zero-order chi connectivity index (χ0) is 11.0. The maximum absolute atomic E-state index is 13.4. The van der Waals surface area contributed by atoms with E-state index in [1.54, 1.807) is 13.8 Å². The molecule has 6 heteroatoms. The summed E-state index contributed by atoms with van der Waals surface area (Å²) in [5.41, 5.74) is 1.21. The van der Waals surface area contributed by atoms with Gasteiger partial charge in [-0.2, -0.15) is 0 Å². The fourth-order valence-electron chi connectivity index (χ4n) is 1.34. The third-order valence-corrected chi connectivity index (χ3v) is 2.17. The van der Waals surface area contributed by atoms with Gasteiger partial charge in [-0.25, -0.2) is 14.4 Å². The van der Waals surface area contributed by atoms with Gasteiger partial charge in [-0.3, -0.25) is 0 Å². The first-order valence-corrected chi connectivity index (χ1v) is 4.58. The second-order valence-electron chi connectivity index (χ2n) is 3.03. The highest BCUT2D eigenvalue weighted by Gasteiger charge is 2.17. The Morgan fingerprint density at radius 1 is 1.40 bits per heavy atom. The highest BCUT2D eigenvalue weighted by molar-refractivity contribution is 6.28. The maximum Gasteiger partial charge on any atom is 0.223 e. The lowest BCUT2D eigenvalue weighted by atomic mass is 10.1. The molecule has 0 radical (unpaired) electrons. The molecule has 0 amide bonds. The summed E-state index contributed by atoms with van der Waals surface area (Å²) in [6.07, 6.45) is 1.02. The van der Waals surface area contributed by atoms with Crippen molar-refractivity contribution >= 4 is 11.6 Å². The van der Waals surface area contributed by atoms with E-state index in [-0.39, 0.29) is 11.0 Å². The van der Waals surface area contributed by atoms with E-state index in [1.807, 2.05) is 0 Å². The van der Waals surface area contributed by atoms with Gasteiger partial charge in [0.25, 0.3) is 0 Å². The van der Waals surface area contributed by atoms with Crippen LogP contribution in [0.15, 0.2) is 10.7 Å². The Kier molecular flexibility index (Phi) is 2.40. The van der Waals surface area contributed by atoms with Crippen molar-refractivity contribution in [3.8, 4) is 11.3 Å². The normalized spacial score (nSPS) is 10.7. The minimum Gasteiger partial charge on any atom is -0.361 e. The Hall–Kier alpha value is -1.49. The molecule has 2 aromatic rings. The molecule has 0 saturated heterocycles. The molecule has 78 valence electrons. The number of aryl methyl sites for hydroxylation is 2. The molecule has 0 aliphatic carbocycles. The van der Waals surface area contributed by atoms with E-state index in [0.29, 0.717) is 17.0 Å². The van der Waals surface area contributed by atoms with Crippen molar-refractivity contribution in [3.63, 3.8) is 0 Å². The molecule has 15 heavy (non-hydrogen) atoms. The summed E-state index contributed by atoms with van der Waals surface area (Å²) in [7, 11) is 0. The highest BCUT2D eigenvalue weighted by atomic mass is 35.5. The standard InChI is InChI=1S/C9H7ClFN3O/c1-4-7(5(2)15-14-4)8-6(11)3-12-9(10)13-8/h3H,1-2H3. The van der Waals surface area contributed by atoms with Crippen LogP contribution in [-0.2, 0) is 0 Å². The van der Waals surface area contributed by atoms with E-state index >= 15 is 0 Å². The molecule has 0 N–H and O–H groups in total. The van der Waals surface area contributed by atoms with Gasteiger partial charge in [0.15, 0.2) is 5.82 Å². The van der Waals surface area contributed by atoms with Crippen LogP contribution in [0.25, 0.3) is 11.3 Å². The smallest absolute Gasteiger partial charge is 0.223 e. The number of hydrogen-bond acceptors (Lipinski definition) is 4. The van der Waals surface area contributed by atoms with Gasteiger partial charge in [0.1, 0.15) is 11.5 Å². The van der Waals surface area contributed by atoms with Crippen LogP contribution in [-0.4, -0.2) is 15.1 Å². The number of aromatic nitrogens is 3. The van der Waals surface area contributed by atoms with Crippen molar-refractivity contribution in [3.05, 3.63) is 28.8 Å². The van der Waals surface area contributed by atoms with Crippen LogP contribution >= 0.6 is 11.6 Å². The van der Waals surface area contributed by atoms with E-state index in [9.17, 15) is 4.39 Å². The van der Waals surface area contributed by atoms with E-state index in [4.69, 9.17) is 16.1 Å². The first-order chi connectivity index (χ1) is 7.09. The summed E-state index contributed by atoms with van der Waals surface area (Å²) in [4.78, 5) is 7.35. The molecule has 0 spiro atoms. The summed E-state index contributed by atoms with van der Waals surface area (Å²) in [5.74, 6) is -0.0463. The van der Waals surface area contributed by atoms with Gasteiger partial charge in [0.05, 0.1) is 17.5 Å². The van der Waals surface area contributed by atoms with Crippen LogP contribution in [0.1, 0.15) is 11.5 Å². The molecule has 0 unspecified atom stereocenters. The maximum atomic E-state index is 13.4. The van der Waals surface area contributed by atoms with Crippen molar-refractivity contribution in [1.29, 1.82) is 0 Å². The number of hydrogen-bond donors (Lipinski definition) is 0. The summed E-state index contributed by atoms with van der Waals surface area (Å²) in [5, 5.41) is 3.71. The molecule has 0 aliphatic rings. The topological polar surface area (TPSA) is 51.8 Å². The second-order valence-corrected chi connectivity index (χ2v) is 3.37. The molecular weight excluding hydrogens is 221 g/mol. The fourth-order valence-corrected chi connectivity index (χ4v) is 1.48. The molecule has 0 saturated carbocycles. The molecule has 2 aromatic heterocycles. The van der Waals surface area contributed by atoms with Gasteiger partial charge in [-0.05, 0) is 25.4 Å². The predicted octanol–water partition coefficient (Wildman–Crippen LogP) is 2.54. The first-order valence-electron chi connectivity index (χ1n) is 4.21. The average molecular weight is 228 g/mol. The van der Waals surface area contributed by atoms with Crippen molar-refractivity contribution in [2.75, 3.05) is 0 Å². The highest BCUT2D eigenvalue weighted by Crippen LogP contribution is 2.27. The molecule has 0 fully saturated rings. The Labute approximate surface area is 90.1 Å². The lowest BCUT2D eigenvalue weighted by Crippen LogP contribution is -1.94. The molecule has 0 atom stereocenters. The van der Waals surface area contributed by atoms with Crippen LogP contribution in [0.5, 0.6) is 0 Å². The largest absolute Gasteiger partial charge is 0.361 e.